The molecule has 0 N–H and O–H groups in total. The van der Waals surface area contributed by atoms with Crippen LogP contribution in [0.2, 0.25) is 0 Å². The van der Waals surface area contributed by atoms with E-state index in [0.717, 1.165) is 6.42 Å². The summed E-state index contributed by atoms with van der Waals surface area (Å²) in [5, 5.41) is 0. The van der Waals surface area contributed by atoms with Crippen LogP contribution in [-0.4, -0.2) is 0 Å². The molecule has 0 atom stereocenters. The number of unbranched alkanes of at least 4 members (excludes halogenated alkanes) is 1. The van der Waals surface area contributed by atoms with E-state index in [9.17, 15) is 0 Å². The first-order valence-electron chi connectivity index (χ1n) is 5.17. The lowest BCUT2D eigenvalue weighted by molar-refractivity contribution is 0.651. The van der Waals surface area contributed by atoms with Crippen LogP contribution in [0, 0.1) is 0 Å². The fourth-order valence-electron chi connectivity index (χ4n) is 1.42. The Morgan fingerprint density at radius 3 is 2.75 bits per heavy atom. The Hall–Kier alpha value is -0.520. The SMILES string of the molecule is C=C(CC)CCCC=C1CCC1. The van der Waals surface area contributed by atoms with Crippen molar-refractivity contribution in [3.8, 4) is 0 Å². The Morgan fingerprint density at radius 2 is 2.25 bits per heavy atom. The predicted molar refractivity (Wildman–Crippen MR) is 55.2 cm³/mol. The molecule has 1 aliphatic rings. The van der Waals surface area contributed by atoms with Crippen molar-refractivity contribution in [2.75, 3.05) is 0 Å². The first-order valence-corrected chi connectivity index (χ1v) is 5.17. The van der Waals surface area contributed by atoms with E-state index < -0.39 is 0 Å². The highest BCUT2D eigenvalue weighted by molar-refractivity contribution is 5.09. The molecule has 0 unspecified atom stereocenters. The second kappa shape index (κ2) is 5.18. The lowest BCUT2D eigenvalue weighted by atomic mass is 9.91. The monoisotopic (exact) mass is 164 g/mol. The maximum Gasteiger partial charge on any atom is -0.0317 e. The largest absolute Gasteiger partial charge is 0.0999 e. The molecule has 0 saturated heterocycles. The minimum atomic E-state index is 1.15. The zero-order valence-electron chi connectivity index (χ0n) is 8.23. The van der Waals surface area contributed by atoms with Crippen molar-refractivity contribution in [2.45, 2.75) is 51.9 Å². The number of hydrogen-bond acceptors (Lipinski definition) is 0. The number of allylic oxidation sites excluding steroid dienone is 3. The van der Waals surface area contributed by atoms with Gasteiger partial charge in [0.25, 0.3) is 0 Å². The second-order valence-corrected chi connectivity index (χ2v) is 3.71. The highest BCUT2D eigenvalue weighted by atomic mass is 14.1. The molecule has 0 bridgehead atoms. The Labute approximate surface area is 76.4 Å². The molecule has 0 spiro atoms. The zero-order valence-corrected chi connectivity index (χ0v) is 8.23. The van der Waals surface area contributed by atoms with E-state index in [-0.39, 0.29) is 0 Å². The van der Waals surface area contributed by atoms with Crippen LogP contribution in [-0.2, 0) is 0 Å². The summed E-state index contributed by atoms with van der Waals surface area (Å²) in [5.74, 6) is 0. The molecular weight excluding hydrogens is 144 g/mol. The molecule has 0 radical (unpaired) electrons. The van der Waals surface area contributed by atoms with Crippen molar-refractivity contribution in [1.82, 2.24) is 0 Å². The number of hydrogen-bond donors (Lipinski definition) is 0. The van der Waals surface area contributed by atoms with Crippen molar-refractivity contribution in [3.63, 3.8) is 0 Å². The van der Waals surface area contributed by atoms with Gasteiger partial charge in [0, 0.05) is 0 Å². The molecule has 0 aromatic heterocycles. The van der Waals surface area contributed by atoms with Crippen LogP contribution in [0.3, 0.4) is 0 Å². The van der Waals surface area contributed by atoms with E-state index in [2.05, 4.69) is 19.6 Å². The van der Waals surface area contributed by atoms with Gasteiger partial charge in [-0.15, -0.1) is 0 Å². The third-order valence-electron chi connectivity index (χ3n) is 2.66. The van der Waals surface area contributed by atoms with Crippen LogP contribution >= 0.6 is 0 Å². The summed E-state index contributed by atoms with van der Waals surface area (Å²) in [6.07, 6.45) is 11.5. The van der Waals surface area contributed by atoms with E-state index in [0.29, 0.717) is 0 Å². The molecule has 0 nitrogen and oxygen atoms in total. The van der Waals surface area contributed by atoms with Crippen LogP contribution < -0.4 is 0 Å². The van der Waals surface area contributed by atoms with Crippen LogP contribution in [0.15, 0.2) is 23.8 Å². The smallest absolute Gasteiger partial charge is 0.0317 e. The normalized spacial score (nSPS) is 15.6. The van der Waals surface area contributed by atoms with Gasteiger partial charge in [0.15, 0.2) is 0 Å². The van der Waals surface area contributed by atoms with E-state index in [4.69, 9.17) is 0 Å². The minimum Gasteiger partial charge on any atom is -0.0999 e. The molecule has 1 saturated carbocycles. The van der Waals surface area contributed by atoms with Gasteiger partial charge in [-0.2, -0.15) is 0 Å². The molecule has 0 heterocycles. The van der Waals surface area contributed by atoms with Crippen molar-refractivity contribution in [2.24, 2.45) is 0 Å². The molecule has 0 aromatic carbocycles. The third-order valence-corrected chi connectivity index (χ3v) is 2.66. The zero-order chi connectivity index (χ0) is 8.81. The Morgan fingerprint density at radius 1 is 1.50 bits per heavy atom. The Balaban J connectivity index is 1.98. The Kier molecular flexibility index (Phi) is 4.13. The van der Waals surface area contributed by atoms with Gasteiger partial charge in [-0.3, -0.25) is 0 Å². The molecule has 0 aromatic rings. The van der Waals surface area contributed by atoms with Gasteiger partial charge in [-0.05, 0) is 44.9 Å². The molecule has 1 rings (SSSR count). The summed E-state index contributed by atoms with van der Waals surface area (Å²) in [6.45, 7) is 6.19. The fourth-order valence-corrected chi connectivity index (χ4v) is 1.42. The van der Waals surface area contributed by atoms with Gasteiger partial charge in [0.1, 0.15) is 0 Å². The van der Waals surface area contributed by atoms with Crippen LogP contribution in [0.5, 0.6) is 0 Å². The third kappa shape index (κ3) is 3.25. The Bertz CT molecular complexity index is 168. The van der Waals surface area contributed by atoms with Gasteiger partial charge in [0.05, 0.1) is 0 Å². The summed E-state index contributed by atoms with van der Waals surface area (Å²) >= 11 is 0. The van der Waals surface area contributed by atoms with Gasteiger partial charge in [-0.25, -0.2) is 0 Å². The second-order valence-electron chi connectivity index (χ2n) is 3.71. The van der Waals surface area contributed by atoms with Gasteiger partial charge < -0.3 is 0 Å². The summed E-state index contributed by atoms with van der Waals surface area (Å²) in [7, 11) is 0. The highest BCUT2D eigenvalue weighted by Gasteiger charge is 2.06. The predicted octanol–water partition coefficient (Wildman–Crippen LogP) is 4.23. The van der Waals surface area contributed by atoms with E-state index in [1.54, 1.807) is 5.57 Å². The quantitative estimate of drug-likeness (QED) is 0.421. The average Bonchev–Trinajstić information content (AvgIpc) is 2.00. The maximum atomic E-state index is 4.00. The maximum absolute atomic E-state index is 4.00. The van der Waals surface area contributed by atoms with Crippen molar-refractivity contribution >= 4 is 0 Å². The van der Waals surface area contributed by atoms with E-state index in [1.807, 2.05) is 0 Å². The van der Waals surface area contributed by atoms with Crippen molar-refractivity contribution in [1.29, 1.82) is 0 Å². The first-order chi connectivity index (χ1) is 5.83. The van der Waals surface area contributed by atoms with Gasteiger partial charge >= 0.3 is 0 Å². The minimum absolute atomic E-state index is 1.15. The fraction of sp³-hybridized carbons (Fsp3) is 0.667. The standard InChI is InChI=1S/C12H20/c1-3-11(2)7-4-5-8-12-9-6-10-12/h8H,2-7,9-10H2,1H3. The summed E-state index contributed by atoms with van der Waals surface area (Å²) < 4.78 is 0. The van der Waals surface area contributed by atoms with Gasteiger partial charge in [0.2, 0.25) is 0 Å². The van der Waals surface area contributed by atoms with Gasteiger partial charge in [-0.1, -0.05) is 30.7 Å². The van der Waals surface area contributed by atoms with Crippen molar-refractivity contribution in [3.05, 3.63) is 23.8 Å². The lowest BCUT2D eigenvalue weighted by Crippen LogP contribution is -1.95. The lowest BCUT2D eigenvalue weighted by Gasteiger charge is -2.15. The summed E-state index contributed by atoms with van der Waals surface area (Å²) in [6, 6.07) is 0. The topological polar surface area (TPSA) is 0 Å². The first kappa shape index (κ1) is 9.57. The van der Waals surface area contributed by atoms with Crippen LogP contribution in [0.4, 0.5) is 0 Å². The average molecular weight is 164 g/mol. The van der Waals surface area contributed by atoms with Crippen LogP contribution in [0.1, 0.15) is 51.9 Å². The summed E-state index contributed by atoms with van der Waals surface area (Å²) in [5.41, 5.74) is 3.10. The highest BCUT2D eigenvalue weighted by Crippen LogP contribution is 2.26. The molecular formula is C12H20. The molecule has 68 valence electrons. The summed E-state index contributed by atoms with van der Waals surface area (Å²) in [4.78, 5) is 0. The molecule has 1 fully saturated rings. The van der Waals surface area contributed by atoms with Crippen LogP contribution in [0.25, 0.3) is 0 Å². The molecule has 1 aliphatic carbocycles. The molecule has 0 aliphatic heterocycles. The van der Waals surface area contributed by atoms with E-state index >= 15 is 0 Å². The molecule has 0 amide bonds. The molecule has 12 heavy (non-hydrogen) atoms. The van der Waals surface area contributed by atoms with E-state index in [1.165, 1.54) is 44.1 Å². The number of rotatable bonds is 5. The molecule has 0 heteroatoms. The van der Waals surface area contributed by atoms with Crippen molar-refractivity contribution < 1.29 is 0 Å².